The number of aromatic nitrogens is 2. The van der Waals surface area contributed by atoms with Crippen LogP contribution in [0.25, 0.3) is 116 Å². The third kappa shape index (κ3) is 5.26. The molecule has 298 valence electrons. The molecule has 0 amide bonds. The Morgan fingerprint density at radius 1 is 0.391 bits per heavy atom. The second-order valence-electron chi connectivity index (χ2n) is 17.7. The van der Waals surface area contributed by atoms with E-state index >= 15 is 0 Å². The standard InChI is InChI=1S/C62H40N2/c1-2-12-43-33-46(26-25-39(43)11-1)41-27-30-49(31-28-41)63-58-19-9-7-17-52(58)55-35-47(29-32-60(55)63)40-21-23-42(24-22-40)48-36-56-51-16-6-5-15-50(51)54-34-44-13-3-4-14-45(44)38-61(54)64-59-20-10-8-18-53(59)57(37-48)62(56)64/h1-32,34-38,43H,33H2. The highest BCUT2D eigenvalue weighted by molar-refractivity contribution is 6.18. The molecule has 2 aromatic heterocycles. The van der Waals surface area contributed by atoms with E-state index in [0.29, 0.717) is 5.92 Å². The molecule has 1 atom stereocenters. The van der Waals surface area contributed by atoms with Gasteiger partial charge in [0, 0.05) is 44.3 Å². The van der Waals surface area contributed by atoms with Crippen LogP contribution in [0, 0.1) is 5.92 Å². The van der Waals surface area contributed by atoms with E-state index in [1.54, 1.807) is 0 Å². The molecule has 9 aromatic carbocycles. The molecule has 0 fully saturated rings. The predicted octanol–water partition coefficient (Wildman–Crippen LogP) is 16.5. The fourth-order valence-corrected chi connectivity index (χ4v) is 11.1. The van der Waals surface area contributed by atoms with Gasteiger partial charge in [-0.15, -0.1) is 0 Å². The van der Waals surface area contributed by atoms with Gasteiger partial charge in [-0.2, -0.15) is 0 Å². The molecule has 11 aromatic rings. The maximum Gasteiger partial charge on any atom is 0.0620 e. The number of rotatable bonds is 4. The number of allylic oxidation sites excluding steroid dienone is 8. The lowest BCUT2D eigenvalue weighted by Crippen LogP contribution is -2.06. The highest BCUT2D eigenvalue weighted by Crippen LogP contribution is 2.49. The minimum Gasteiger partial charge on any atom is -0.309 e. The van der Waals surface area contributed by atoms with Crippen LogP contribution in [-0.2, 0) is 0 Å². The van der Waals surface area contributed by atoms with E-state index in [0.717, 1.165) is 6.42 Å². The van der Waals surface area contributed by atoms with Crippen LogP contribution in [0.15, 0.2) is 230 Å². The molecular formula is C62H40N2. The summed E-state index contributed by atoms with van der Waals surface area (Å²) in [4.78, 5) is 0. The van der Waals surface area contributed by atoms with Crippen LogP contribution in [0.2, 0.25) is 0 Å². The summed E-state index contributed by atoms with van der Waals surface area (Å²) in [6.45, 7) is 0. The Balaban J connectivity index is 0.859. The van der Waals surface area contributed by atoms with Gasteiger partial charge in [-0.05, 0) is 128 Å². The van der Waals surface area contributed by atoms with E-state index in [-0.39, 0.29) is 0 Å². The van der Waals surface area contributed by atoms with Crippen molar-refractivity contribution in [1.29, 1.82) is 0 Å². The van der Waals surface area contributed by atoms with Crippen LogP contribution < -0.4 is 0 Å². The SMILES string of the molecule is C1=CC2=CC=C(c3ccc(-n4c5ccccc5c5cc(-c6ccc(-c7cc8c9c(c7)c7ccccc7n9-c7cc9ccccc9cc7-c7ccccc7-8)cc6)ccc54)cc3)CC2C=C1. The van der Waals surface area contributed by atoms with Crippen LogP contribution in [0.1, 0.15) is 12.0 Å². The third-order valence-corrected chi connectivity index (χ3v) is 14.2. The average Bonchev–Trinajstić information content (AvgIpc) is 3.84. The average molecular weight is 813 g/mol. The highest BCUT2D eigenvalue weighted by Gasteiger charge is 2.26. The zero-order chi connectivity index (χ0) is 41.9. The quantitative estimate of drug-likeness (QED) is 0.168. The molecule has 3 aliphatic rings. The van der Waals surface area contributed by atoms with E-state index in [4.69, 9.17) is 0 Å². The lowest BCUT2D eigenvalue weighted by Gasteiger charge is -2.22. The zero-order valence-electron chi connectivity index (χ0n) is 35.0. The fourth-order valence-electron chi connectivity index (χ4n) is 11.1. The van der Waals surface area contributed by atoms with Crippen LogP contribution in [0.5, 0.6) is 0 Å². The van der Waals surface area contributed by atoms with Crippen molar-refractivity contribution in [3.8, 4) is 55.9 Å². The number of hydrogen-bond donors (Lipinski definition) is 0. The molecule has 2 heteroatoms. The summed E-state index contributed by atoms with van der Waals surface area (Å²) in [5.74, 6) is 0.465. The number of benzene rings is 9. The molecule has 2 aliphatic carbocycles. The van der Waals surface area contributed by atoms with Crippen molar-refractivity contribution >= 4 is 60.0 Å². The first-order valence-corrected chi connectivity index (χ1v) is 22.4. The Hall–Kier alpha value is -8.20. The summed E-state index contributed by atoms with van der Waals surface area (Å²) in [5, 5.41) is 7.57. The Morgan fingerprint density at radius 3 is 1.80 bits per heavy atom. The first kappa shape index (κ1) is 35.4. The summed E-state index contributed by atoms with van der Waals surface area (Å²) in [6, 6.07) is 70.4. The molecule has 0 spiro atoms. The number of hydrogen-bond acceptors (Lipinski definition) is 0. The summed E-state index contributed by atoms with van der Waals surface area (Å²) in [5.41, 5.74) is 21.3. The first-order chi connectivity index (χ1) is 31.7. The third-order valence-electron chi connectivity index (χ3n) is 14.2. The number of fused-ring (bicyclic) bond motifs is 13. The molecule has 1 unspecified atom stereocenters. The topological polar surface area (TPSA) is 9.86 Å². The van der Waals surface area contributed by atoms with Gasteiger partial charge in [0.2, 0.25) is 0 Å². The van der Waals surface area contributed by atoms with Gasteiger partial charge in [-0.25, -0.2) is 0 Å². The van der Waals surface area contributed by atoms with E-state index in [2.05, 4.69) is 234 Å². The molecule has 0 radical (unpaired) electrons. The second kappa shape index (κ2) is 13.6. The Bertz CT molecular complexity index is 3900. The molecule has 0 saturated carbocycles. The van der Waals surface area contributed by atoms with E-state index in [1.807, 2.05) is 0 Å². The number of para-hydroxylation sites is 2. The second-order valence-corrected chi connectivity index (χ2v) is 17.7. The van der Waals surface area contributed by atoms with Crippen molar-refractivity contribution in [2.75, 3.05) is 0 Å². The maximum atomic E-state index is 2.52. The Labute approximate surface area is 371 Å². The largest absolute Gasteiger partial charge is 0.309 e. The Kier molecular flexibility index (Phi) is 7.55. The molecule has 2 nitrogen and oxygen atoms in total. The van der Waals surface area contributed by atoms with Crippen molar-refractivity contribution in [3.05, 3.63) is 236 Å². The Morgan fingerprint density at radius 2 is 1.00 bits per heavy atom. The van der Waals surface area contributed by atoms with Crippen LogP contribution in [0.3, 0.4) is 0 Å². The van der Waals surface area contributed by atoms with E-state index < -0.39 is 0 Å². The molecule has 14 rings (SSSR count). The summed E-state index contributed by atoms with van der Waals surface area (Å²) >= 11 is 0. The van der Waals surface area contributed by atoms with Gasteiger partial charge in [0.05, 0.1) is 27.8 Å². The predicted molar refractivity (Wildman–Crippen MR) is 270 cm³/mol. The highest BCUT2D eigenvalue weighted by atomic mass is 15.0. The summed E-state index contributed by atoms with van der Waals surface area (Å²) < 4.78 is 4.94. The van der Waals surface area contributed by atoms with Crippen molar-refractivity contribution in [1.82, 2.24) is 9.13 Å². The minimum atomic E-state index is 0.465. The lowest BCUT2D eigenvalue weighted by molar-refractivity contribution is 0.793. The molecule has 0 bridgehead atoms. The summed E-state index contributed by atoms with van der Waals surface area (Å²) in [7, 11) is 0. The van der Waals surface area contributed by atoms with Crippen molar-refractivity contribution < 1.29 is 0 Å². The van der Waals surface area contributed by atoms with Crippen molar-refractivity contribution in [2.45, 2.75) is 6.42 Å². The fraction of sp³-hybridized carbons (Fsp3) is 0.0323. The minimum absolute atomic E-state index is 0.465. The zero-order valence-corrected chi connectivity index (χ0v) is 35.0. The smallest absolute Gasteiger partial charge is 0.0620 e. The first-order valence-electron chi connectivity index (χ1n) is 22.4. The van der Waals surface area contributed by atoms with Crippen molar-refractivity contribution in [2.24, 2.45) is 5.92 Å². The molecule has 0 saturated heterocycles. The van der Waals surface area contributed by atoms with Crippen LogP contribution in [0.4, 0.5) is 0 Å². The van der Waals surface area contributed by atoms with E-state index in [9.17, 15) is 0 Å². The van der Waals surface area contributed by atoms with Gasteiger partial charge >= 0.3 is 0 Å². The maximum absolute atomic E-state index is 2.52. The normalized spacial score (nSPS) is 15.0. The van der Waals surface area contributed by atoms with Crippen molar-refractivity contribution in [3.63, 3.8) is 0 Å². The molecular weight excluding hydrogens is 773 g/mol. The van der Waals surface area contributed by atoms with Gasteiger partial charge in [-0.3, -0.25) is 0 Å². The molecule has 64 heavy (non-hydrogen) atoms. The van der Waals surface area contributed by atoms with Gasteiger partial charge < -0.3 is 9.13 Å². The van der Waals surface area contributed by atoms with Crippen LogP contribution >= 0.6 is 0 Å². The van der Waals surface area contributed by atoms with Gasteiger partial charge in [0.1, 0.15) is 0 Å². The molecule has 1 aliphatic heterocycles. The molecule has 3 heterocycles. The van der Waals surface area contributed by atoms with Gasteiger partial charge in [-0.1, -0.05) is 164 Å². The van der Waals surface area contributed by atoms with Crippen LogP contribution in [-0.4, -0.2) is 9.13 Å². The summed E-state index contributed by atoms with van der Waals surface area (Å²) in [6.07, 6.45) is 14.5. The van der Waals surface area contributed by atoms with E-state index in [1.165, 1.54) is 127 Å². The lowest BCUT2D eigenvalue weighted by atomic mass is 9.82. The molecule has 0 N–H and O–H groups in total. The monoisotopic (exact) mass is 812 g/mol. The number of nitrogens with zero attached hydrogens (tertiary/aromatic N) is 2. The van der Waals surface area contributed by atoms with Gasteiger partial charge in [0.15, 0.2) is 0 Å². The van der Waals surface area contributed by atoms with Gasteiger partial charge in [0.25, 0.3) is 0 Å².